The molecule has 1 aromatic carbocycles. The first-order valence-corrected chi connectivity index (χ1v) is 9.65. The summed E-state index contributed by atoms with van der Waals surface area (Å²) in [6.07, 6.45) is 2.37. The van der Waals surface area contributed by atoms with Crippen molar-refractivity contribution in [3.63, 3.8) is 0 Å². The zero-order valence-corrected chi connectivity index (χ0v) is 16.6. The van der Waals surface area contributed by atoms with Crippen molar-refractivity contribution in [3.8, 4) is 11.3 Å². The van der Waals surface area contributed by atoms with Crippen LogP contribution in [0.4, 0.5) is 4.79 Å². The Hall–Kier alpha value is -1.79. The number of thioether (sulfide) groups is 1. The second-order valence-corrected chi connectivity index (χ2v) is 7.84. The first-order chi connectivity index (χ1) is 11.9. The summed E-state index contributed by atoms with van der Waals surface area (Å²) in [5, 5.41) is -0.223. The number of imide groups is 1. The van der Waals surface area contributed by atoms with Gasteiger partial charge in [0, 0.05) is 22.2 Å². The Kier molecular flexibility index (Phi) is 5.20. The van der Waals surface area contributed by atoms with E-state index in [1.54, 1.807) is 12.1 Å². The van der Waals surface area contributed by atoms with Gasteiger partial charge in [0.05, 0.1) is 4.91 Å². The fraction of sp³-hybridized carbons (Fsp3) is 0.263. The highest BCUT2D eigenvalue weighted by Crippen LogP contribution is 2.36. The van der Waals surface area contributed by atoms with E-state index in [4.69, 9.17) is 4.42 Å². The van der Waals surface area contributed by atoms with Gasteiger partial charge in [-0.15, -0.1) is 0 Å². The molecule has 25 heavy (non-hydrogen) atoms. The average Bonchev–Trinajstić information content (AvgIpc) is 3.12. The normalized spacial score (nSPS) is 17.6. The summed E-state index contributed by atoms with van der Waals surface area (Å²) in [5.74, 6) is 1.01. The number of carbonyl (C=O) groups excluding carboxylic acids is 2. The van der Waals surface area contributed by atoms with Crippen LogP contribution >= 0.6 is 27.7 Å². The first kappa shape index (κ1) is 18.0. The topological polar surface area (TPSA) is 50.5 Å². The van der Waals surface area contributed by atoms with Gasteiger partial charge in [0.2, 0.25) is 0 Å². The Morgan fingerprint density at radius 2 is 2.04 bits per heavy atom. The van der Waals surface area contributed by atoms with E-state index in [0.717, 1.165) is 33.8 Å². The molecule has 1 atom stereocenters. The van der Waals surface area contributed by atoms with Crippen LogP contribution in [0.15, 0.2) is 44.1 Å². The summed E-state index contributed by atoms with van der Waals surface area (Å²) in [6, 6.07) is 9.58. The number of hydrogen-bond donors (Lipinski definition) is 0. The molecule has 0 N–H and O–H groups in total. The van der Waals surface area contributed by atoms with E-state index in [1.807, 2.05) is 45.0 Å². The van der Waals surface area contributed by atoms with Crippen LogP contribution in [-0.4, -0.2) is 22.1 Å². The minimum Gasteiger partial charge on any atom is -0.457 e. The van der Waals surface area contributed by atoms with Crippen molar-refractivity contribution in [2.45, 2.75) is 33.2 Å². The Bertz CT molecular complexity index is 871. The molecule has 1 aromatic heterocycles. The number of rotatable bonds is 4. The van der Waals surface area contributed by atoms with Gasteiger partial charge in [-0.1, -0.05) is 28.9 Å². The van der Waals surface area contributed by atoms with Crippen LogP contribution in [0, 0.1) is 6.92 Å². The van der Waals surface area contributed by atoms with Crippen molar-refractivity contribution in [2.75, 3.05) is 0 Å². The van der Waals surface area contributed by atoms with E-state index in [-0.39, 0.29) is 17.2 Å². The van der Waals surface area contributed by atoms with Crippen LogP contribution in [0.1, 0.15) is 31.6 Å². The lowest BCUT2D eigenvalue weighted by atomic mass is 10.1. The zero-order chi connectivity index (χ0) is 18.1. The number of halogens is 1. The van der Waals surface area contributed by atoms with E-state index in [9.17, 15) is 9.59 Å². The second kappa shape index (κ2) is 7.22. The predicted molar refractivity (Wildman–Crippen MR) is 104 cm³/mol. The van der Waals surface area contributed by atoms with Crippen molar-refractivity contribution in [3.05, 3.63) is 51.0 Å². The van der Waals surface area contributed by atoms with E-state index in [0.29, 0.717) is 16.4 Å². The molecule has 0 saturated carbocycles. The number of furan rings is 1. The summed E-state index contributed by atoms with van der Waals surface area (Å²) in [6.45, 7) is 5.85. The molecule has 2 amide bonds. The zero-order valence-electron chi connectivity index (χ0n) is 14.2. The van der Waals surface area contributed by atoms with E-state index in [1.165, 1.54) is 4.90 Å². The quantitative estimate of drug-likeness (QED) is 0.582. The third-order valence-electron chi connectivity index (χ3n) is 4.15. The van der Waals surface area contributed by atoms with Crippen LogP contribution in [0.5, 0.6) is 0 Å². The van der Waals surface area contributed by atoms with Crippen LogP contribution in [-0.2, 0) is 4.79 Å². The maximum absolute atomic E-state index is 12.5. The maximum atomic E-state index is 12.5. The Balaban J connectivity index is 1.87. The van der Waals surface area contributed by atoms with Gasteiger partial charge in [-0.3, -0.25) is 14.5 Å². The third kappa shape index (κ3) is 3.60. The SMILES string of the molecule is CC[C@H](C)N1C(=O)S/C(=C\c2ccc(-c3ccc(C)cc3Br)o2)C1=O. The number of carbonyl (C=O) groups is 2. The van der Waals surface area contributed by atoms with Gasteiger partial charge in [-0.2, -0.15) is 0 Å². The molecule has 4 nitrogen and oxygen atoms in total. The fourth-order valence-electron chi connectivity index (χ4n) is 2.57. The highest BCUT2D eigenvalue weighted by atomic mass is 79.9. The third-order valence-corrected chi connectivity index (χ3v) is 5.69. The number of amides is 2. The Labute approximate surface area is 159 Å². The van der Waals surface area contributed by atoms with Crippen LogP contribution in [0.2, 0.25) is 0 Å². The molecule has 0 aliphatic carbocycles. The minimum absolute atomic E-state index is 0.103. The van der Waals surface area contributed by atoms with Crippen LogP contribution in [0.25, 0.3) is 17.4 Å². The smallest absolute Gasteiger partial charge is 0.293 e. The molecule has 0 radical (unpaired) electrons. The number of hydrogen-bond acceptors (Lipinski definition) is 4. The molecular formula is C19H18BrNO3S. The average molecular weight is 420 g/mol. The summed E-state index contributed by atoms with van der Waals surface area (Å²) in [7, 11) is 0. The van der Waals surface area contributed by atoms with Gasteiger partial charge in [0.15, 0.2) is 0 Å². The number of aryl methyl sites for hydroxylation is 1. The molecule has 0 unspecified atom stereocenters. The molecule has 1 aliphatic rings. The monoisotopic (exact) mass is 419 g/mol. The number of nitrogens with zero attached hydrogens (tertiary/aromatic N) is 1. The van der Waals surface area contributed by atoms with E-state index < -0.39 is 0 Å². The highest BCUT2D eigenvalue weighted by molar-refractivity contribution is 9.10. The Morgan fingerprint density at radius 3 is 2.72 bits per heavy atom. The molecule has 1 fully saturated rings. The lowest BCUT2D eigenvalue weighted by Crippen LogP contribution is -2.36. The van der Waals surface area contributed by atoms with Crippen molar-refractivity contribution in [1.29, 1.82) is 0 Å². The summed E-state index contributed by atoms with van der Waals surface area (Å²) < 4.78 is 6.81. The molecular weight excluding hydrogens is 402 g/mol. The molecule has 1 aliphatic heterocycles. The first-order valence-electron chi connectivity index (χ1n) is 8.04. The maximum Gasteiger partial charge on any atom is 0.293 e. The molecule has 3 rings (SSSR count). The molecule has 0 spiro atoms. The van der Waals surface area contributed by atoms with Crippen LogP contribution in [0.3, 0.4) is 0 Å². The van der Waals surface area contributed by atoms with Crippen molar-refractivity contribution in [2.24, 2.45) is 0 Å². The van der Waals surface area contributed by atoms with Crippen LogP contribution < -0.4 is 0 Å². The highest BCUT2D eigenvalue weighted by Gasteiger charge is 2.37. The van der Waals surface area contributed by atoms with Gasteiger partial charge in [0.1, 0.15) is 11.5 Å². The van der Waals surface area contributed by atoms with Gasteiger partial charge < -0.3 is 4.42 Å². The molecule has 6 heteroatoms. The second-order valence-electron chi connectivity index (χ2n) is 5.99. The standard InChI is InChI=1S/C19H18BrNO3S/c1-4-12(3)21-18(22)17(25-19(21)23)10-13-6-8-16(24-13)14-7-5-11(2)9-15(14)20/h5-10,12H,4H2,1-3H3/b17-10-/t12-/m0/s1. The largest absolute Gasteiger partial charge is 0.457 e. The predicted octanol–water partition coefficient (Wildman–Crippen LogP) is 5.85. The van der Waals surface area contributed by atoms with E-state index >= 15 is 0 Å². The lowest BCUT2D eigenvalue weighted by Gasteiger charge is -2.19. The summed E-state index contributed by atoms with van der Waals surface area (Å²) >= 11 is 4.51. The van der Waals surface area contributed by atoms with Crippen molar-refractivity contribution < 1.29 is 14.0 Å². The Morgan fingerprint density at radius 1 is 1.28 bits per heavy atom. The summed E-state index contributed by atoms with van der Waals surface area (Å²) in [4.78, 5) is 26.2. The van der Waals surface area contributed by atoms with E-state index in [2.05, 4.69) is 15.9 Å². The fourth-order valence-corrected chi connectivity index (χ4v) is 4.17. The van der Waals surface area contributed by atoms with Gasteiger partial charge in [-0.25, -0.2) is 0 Å². The molecule has 2 heterocycles. The van der Waals surface area contributed by atoms with Crippen molar-refractivity contribution in [1.82, 2.24) is 4.90 Å². The minimum atomic E-state index is -0.251. The van der Waals surface area contributed by atoms with Crippen molar-refractivity contribution >= 4 is 44.9 Å². The van der Waals surface area contributed by atoms with Gasteiger partial charge in [0.25, 0.3) is 11.1 Å². The molecule has 1 saturated heterocycles. The molecule has 130 valence electrons. The van der Waals surface area contributed by atoms with Gasteiger partial charge >= 0.3 is 0 Å². The number of benzene rings is 1. The molecule has 0 bridgehead atoms. The lowest BCUT2D eigenvalue weighted by molar-refractivity contribution is -0.124. The van der Waals surface area contributed by atoms with Gasteiger partial charge in [-0.05, 0) is 61.9 Å². The summed E-state index contributed by atoms with van der Waals surface area (Å²) in [5.41, 5.74) is 2.10. The molecule has 2 aromatic rings.